The van der Waals surface area contributed by atoms with Gasteiger partial charge in [-0.3, -0.25) is 10.1 Å². The zero-order chi connectivity index (χ0) is 17.1. The van der Waals surface area contributed by atoms with Crippen molar-refractivity contribution in [1.82, 2.24) is 4.98 Å². The van der Waals surface area contributed by atoms with Crippen LogP contribution in [0.1, 0.15) is 33.2 Å². The molecule has 3 aromatic rings. The molecule has 0 fully saturated rings. The van der Waals surface area contributed by atoms with E-state index >= 15 is 0 Å². The Kier molecular flexibility index (Phi) is 4.57. The van der Waals surface area contributed by atoms with Gasteiger partial charge in [-0.05, 0) is 42.3 Å². The second-order valence-electron chi connectivity index (χ2n) is 5.20. The molecule has 0 aliphatic heterocycles. The maximum absolute atomic E-state index is 12.3. The van der Waals surface area contributed by atoms with E-state index in [1.165, 1.54) is 24.0 Å². The number of nitrogens with zero attached hydrogens (tertiary/aromatic N) is 1. The highest BCUT2D eigenvalue weighted by atomic mass is 32.1. The third kappa shape index (κ3) is 3.28. The lowest BCUT2D eigenvalue weighted by Crippen LogP contribution is -2.11. The summed E-state index contributed by atoms with van der Waals surface area (Å²) in [7, 11) is 1.34. The predicted octanol–water partition coefficient (Wildman–Crippen LogP) is 3.90. The lowest BCUT2D eigenvalue weighted by molar-refractivity contribution is 0.0601. The van der Waals surface area contributed by atoms with Gasteiger partial charge < -0.3 is 4.74 Å². The van der Waals surface area contributed by atoms with Gasteiger partial charge in [0.1, 0.15) is 0 Å². The van der Waals surface area contributed by atoms with Gasteiger partial charge in [0.05, 0.1) is 22.9 Å². The maximum Gasteiger partial charge on any atom is 0.337 e. The van der Waals surface area contributed by atoms with E-state index < -0.39 is 5.97 Å². The van der Waals surface area contributed by atoms with E-state index in [-0.39, 0.29) is 5.91 Å². The Hall–Kier alpha value is -2.73. The Morgan fingerprint density at radius 2 is 1.83 bits per heavy atom. The quantitative estimate of drug-likeness (QED) is 0.732. The summed E-state index contributed by atoms with van der Waals surface area (Å²) in [6, 6.07) is 12.6. The van der Waals surface area contributed by atoms with Crippen LogP contribution in [0.25, 0.3) is 10.2 Å². The van der Waals surface area contributed by atoms with E-state index in [2.05, 4.69) is 17.2 Å². The number of nitrogens with one attached hydrogen (secondary N) is 1. The molecule has 0 unspecified atom stereocenters. The van der Waals surface area contributed by atoms with Crippen LogP contribution in [0.3, 0.4) is 0 Å². The first-order valence-corrected chi connectivity index (χ1v) is 8.31. The minimum atomic E-state index is -0.396. The molecule has 2 aromatic carbocycles. The first-order chi connectivity index (χ1) is 11.6. The van der Waals surface area contributed by atoms with Gasteiger partial charge in [0.15, 0.2) is 5.13 Å². The normalized spacial score (nSPS) is 10.6. The number of hydrogen-bond donors (Lipinski definition) is 1. The van der Waals surface area contributed by atoms with Gasteiger partial charge in [0.2, 0.25) is 0 Å². The standard InChI is InChI=1S/C18H16N2O3S/c1-3-11-4-6-12(7-5-11)16(21)20-18-19-14-9-8-13(17(22)23-2)10-15(14)24-18/h4-10H,3H2,1-2H3,(H,19,20,21). The fourth-order valence-electron chi connectivity index (χ4n) is 2.28. The lowest BCUT2D eigenvalue weighted by Gasteiger charge is -2.02. The molecule has 0 spiro atoms. The number of esters is 1. The molecule has 3 rings (SSSR count). The predicted molar refractivity (Wildman–Crippen MR) is 94.7 cm³/mol. The highest BCUT2D eigenvalue weighted by molar-refractivity contribution is 7.22. The summed E-state index contributed by atoms with van der Waals surface area (Å²) in [5.41, 5.74) is 2.95. The molecule has 122 valence electrons. The van der Waals surface area contributed by atoms with Crippen molar-refractivity contribution in [3.63, 3.8) is 0 Å². The number of anilines is 1. The SMILES string of the molecule is CCc1ccc(C(=O)Nc2nc3ccc(C(=O)OC)cc3s2)cc1. The van der Waals surface area contributed by atoms with Gasteiger partial charge >= 0.3 is 5.97 Å². The first-order valence-electron chi connectivity index (χ1n) is 7.50. The number of aromatic nitrogens is 1. The summed E-state index contributed by atoms with van der Waals surface area (Å²) >= 11 is 1.32. The van der Waals surface area contributed by atoms with Crippen molar-refractivity contribution in [3.05, 3.63) is 59.2 Å². The Morgan fingerprint density at radius 3 is 2.50 bits per heavy atom. The lowest BCUT2D eigenvalue weighted by atomic mass is 10.1. The largest absolute Gasteiger partial charge is 0.465 e. The zero-order valence-electron chi connectivity index (χ0n) is 13.3. The van der Waals surface area contributed by atoms with E-state index in [1.807, 2.05) is 12.1 Å². The van der Waals surface area contributed by atoms with Crippen molar-refractivity contribution < 1.29 is 14.3 Å². The number of carbonyl (C=O) groups is 2. The third-order valence-electron chi connectivity index (χ3n) is 3.65. The minimum absolute atomic E-state index is 0.204. The fraction of sp³-hybridized carbons (Fsp3) is 0.167. The summed E-state index contributed by atoms with van der Waals surface area (Å²) in [6.45, 7) is 2.07. The van der Waals surface area contributed by atoms with Crippen molar-refractivity contribution in [2.75, 3.05) is 12.4 Å². The molecule has 0 bridgehead atoms. The van der Waals surface area contributed by atoms with Crippen molar-refractivity contribution in [2.24, 2.45) is 0 Å². The number of carbonyl (C=O) groups excluding carboxylic acids is 2. The molecule has 0 radical (unpaired) electrons. The second kappa shape index (κ2) is 6.80. The average Bonchev–Trinajstić information content (AvgIpc) is 3.02. The van der Waals surface area contributed by atoms with E-state index in [4.69, 9.17) is 4.74 Å². The third-order valence-corrected chi connectivity index (χ3v) is 4.59. The van der Waals surface area contributed by atoms with Gasteiger partial charge in [0, 0.05) is 5.56 Å². The van der Waals surface area contributed by atoms with Crippen LogP contribution in [-0.2, 0) is 11.2 Å². The summed E-state index contributed by atoms with van der Waals surface area (Å²) in [4.78, 5) is 28.2. The summed E-state index contributed by atoms with van der Waals surface area (Å²) in [6.07, 6.45) is 0.933. The summed E-state index contributed by atoms with van der Waals surface area (Å²) < 4.78 is 5.52. The van der Waals surface area contributed by atoms with Crippen molar-refractivity contribution in [2.45, 2.75) is 13.3 Å². The van der Waals surface area contributed by atoms with Crippen LogP contribution >= 0.6 is 11.3 Å². The van der Waals surface area contributed by atoms with Crippen LogP contribution in [-0.4, -0.2) is 24.0 Å². The number of hydrogen-bond acceptors (Lipinski definition) is 5. The molecule has 1 heterocycles. The Bertz CT molecular complexity index is 900. The van der Waals surface area contributed by atoms with Crippen LogP contribution in [0.5, 0.6) is 0 Å². The van der Waals surface area contributed by atoms with E-state index in [0.717, 1.165) is 16.6 Å². The van der Waals surface area contributed by atoms with E-state index in [0.29, 0.717) is 16.3 Å². The van der Waals surface area contributed by atoms with Crippen LogP contribution in [0.15, 0.2) is 42.5 Å². The number of benzene rings is 2. The Balaban J connectivity index is 1.81. The second-order valence-corrected chi connectivity index (χ2v) is 6.23. The number of ether oxygens (including phenoxy) is 1. The monoisotopic (exact) mass is 340 g/mol. The molecule has 24 heavy (non-hydrogen) atoms. The number of rotatable bonds is 4. The van der Waals surface area contributed by atoms with Gasteiger partial charge in [-0.1, -0.05) is 30.4 Å². The molecule has 1 amide bonds. The first kappa shape index (κ1) is 16.1. The number of aryl methyl sites for hydroxylation is 1. The molecular weight excluding hydrogens is 324 g/mol. The molecule has 0 saturated heterocycles. The molecule has 5 nitrogen and oxygen atoms in total. The average molecular weight is 340 g/mol. The van der Waals surface area contributed by atoms with Crippen LogP contribution in [0, 0.1) is 0 Å². The van der Waals surface area contributed by atoms with Gasteiger partial charge in [0.25, 0.3) is 5.91 Å². The molecule has 6 heteroatoms. The molecule has 1 aromatic heterocycles. The zero-order valence-corrected chi connectivity index (χ0v) is 14.1. The fourth-order valence-corrected chi connectivity index (χ4v) is 3.18. The number of fused-ring (bicyclic) bond motifs is 1. The van der Waals surface area contributed by atoms with Gasteiger partial charge in [-0.25, -0.2) is 9.78 Å². The van der Waals surface area contributed by atoms with Crippen LogP contribution in [0.4, 0.5) is 5.13 Å². The Labute approximate surface area is 143 Å². The molecule has 1 N–H and O–H groups in total. The minimum Gasteiger partial charge on any atom is -0.465 e. The summed E-state index contributed by atoms with van der Waals surface area (Å²) in [5.74, 6) is -0.600. The highest BCUT2D eigenvalue weighted by Crippen LogP contribution is 2.27. The van der Waals surface area contributed by atoms with Crippen molar-refractivity contribution >= 4 is 38.6 Å². The number of amides is 1. The van der Waals surface area contributed by atoms with Crippen LogP contribution in [0.2, 0.25) is 0 Å². The van der Waals surface area contributed by atoms with Crippen molar-refractivity contribution in [1.29, 1.82) is 0 Å². The Morgan fingerprint density at radius 1 is 1.12 bits per heavy atom. The molecule has 0 atom stereocenters. The van der Waals surface area contributed by atoms with Gasteiger partial charge in [-0.2, -0.15) is 0 Å². The smallest absolute Gasteiger partial charge is 0.337 e. The van der Waals surface area contributed by atoms with E-state index in [1.54, 1.807) is 30.3 Å². The van der Waals surface area contributed by atoms with Crippen molar-refractivity contribution in [3.8, 4) is 0 Å². The summed E-state index contributed by atoms with van der Waals surface area (Å²) in [5, 5.41) is 3.30. The topological polar surface area (TPSA) is 68.3 Å². The molecular formula is C18H16N2O3S. The highest BCUT2D eigenvalue weighted by Gasteiger charge is 2.12. The number of thiazole rings is 1. The number of methoxy groups -OCH3 is 1. The maximum atomic E-state index is 12.3. The molecule has 0 aliphatic rings. The van der Waals surface area contributed by atoms with Crippen LogP contribution < -0.4 is 5.32 Å². The van der Waals surface area contributed by atoms with Gasteiger partial charge in [-0.15, -0.1) is 0 Å². The molecule has 0 aliphatic carbocycles. The molecule has 0 saturated carbocycles. The van der Waals surface area contributed by atoms with E-state index in [9.17, 15) is 9.59 Å².